The average Bonchev–Trinajstić information content (AvgIpc) is 3.23. The van der Waals surface area contributed by atoms with E-state index in [2.05, 4.69) is 10.1 Å². The predicted octanol–water partition coefficient (Wildman–Crippen LogP) is 2.81. The fourth-order valence-electron chi connectivity index (χ4n) is 2.96. The van der Waals surface area contributed by atoms with Gasteiger partial charge in [-0.05, 0) is 12.8 Å². The third kappa shape index (κ3) is 3.38. The van der Waals surface area contributed by atoms with Crippen molar-refractivity contribution in [3.8, 4) is 23.0 Å². The van der Waals surface area contributed by atoms with Crippen LogP contribution in [0, 0.1) is 10.1 Å². The lowest BCUT2D eigenvalue weighted by molar-refractivity contribution is -0.384. The van der Waals surface area contributed by atoms with Gasteiger partial charge in [0.2, 0.25) is 0 Å². The second-order valence-electron chi connectivity index (χ2n) is 5.77. The van der Waals surface area contributed by atoms with Crippen molar-refractivity contribution in [3.05, 3.63) is 28.1 Å². The number of hydrogen-bond donors (Lipinski definition) is 1. The zero-order chi connectivity index (χ0) is 17.3. The largest absolute Gasteiger partial charge is 0.493 e. The highest BCUT2D eigenvalue weighted by Gasteiger charge is 2.37. The van der Waals surface area contributed by atoms with Crippen molar-refractivity contribution in [2.24, 2.45) is 5.73 Å². The Morgan fingerprint density at radius 1 is 1.24 bits per heavy atom. The highest BCUT2D eigenvalue weighted by molar-refractivity contribution is 5.85. The molecule has 1 aliphatic carbocycles. The van der Waals surface area contributed by atoms with Crippen molar-refractivity contribution in [3.63, 3.8) is 0 Å². The molecule has 0 unspecified atom stereocenters. The van der Waals surface area contributed by atoms with E-state index in [-0.39, 0.29) is 35.3 Å². The number of nitrogens with two attached hydrogens (primary N) is 1. The summed E-state index contributed by atoms with van der Waals surface area (Å²) >= 11 is 0. The van der Waals surface area contributed by atoms with Gasteiger partial charge in [0.15, 0.2) is 17.3 Å². The Bertz CT molecular complexity index is 773. The molecule has 1 heterocycles. The molecule has 0 amide bonds. The van der Waals surface area contributed by atoms with Crippen molar-refractivity contribution in [1.82, 2.24) is 10.1 Å². The Morgan fingerprint density at radius 2 is 1.84 bits per heavy atom. The lowest BCUT2D eigenvalue weighted by Gasteiger charge is -2.17. The van der Waals surface area contributed by atoms with Gasteiger partial charge in [-0.1, -0.05) is 18.0 Å². The summed E-state index contributed by atoms with van der Waals surface area (Å²) in [6.45, 7) is 0. The first-order chi connectivity index (χ1) is 11.5. The van der Waals surface area contributed by atoms with E-state index >= 15 is 0 Å². The van der Waals surface area contributed by atoms with Crippen LogP contribution in [0.25, 0.3) is 11.5 Å². The molecule has 0 atom stereocenters. The van der Waals surface area contributed by atoms with E-state index in [0.29, 0.717) is 11.6 Å². The molecule has 1 fully saturated rings. The minimum atomic E-state index is -0.632. The number of hydrogen-bond acceptors (Lipinski definition) is 8. The number of methoxy groups -OCH3 is 2. The number of halogens is 1. The number of nitrogens with zero attached hydrogens (tertiary/aromatic N) is 3. The van der Waals surface area contributed by atoms with E-state index in [1.807, 2.05) is 0 Å². The molecule has 1 saturated carbocycles. The highest BCUT2D eigenvalue weighted by atomic mass is 35.5. The van der Waals surface area contributed by atoms with E-state index in [1.54, 1.807) is 0 Å². The summed E-state index contributed by atoms with van der Waals surface area (Å²) in [7, 11) is 2.85. The van der Waals surface area contributed by atoms with E-state index in [0.717, 1.165) is 25.7 Å². The molecule has 25 heavy (non-hydrogen) atoms. The summed E-state index contributed by atoms with van der Waals surface area (Å²) in [5.41, 5.74) is 5.63. The van der Waals surface area contributed by atoms with Gasteiger partial charge in [0.1, 0.15) is 5.56 Å². The molecule has 1 aromatic carbocycles. The zero-order valence-corrected chi connectivity index (χ0v) is 14.7. The van der Waals surface area contributed by atoms with Crippen LogP contribution in [-0.4, -0.2) is 29.3 Å². The molecule has 2 aromatic rings. The number of aromatic nitrogens is 2. The molecule has 1 aromatic heterocycles. The summed E-state index contributed by atoms with van der Waals surface area (Å²) in [4.78, 5) is 15.2. The van der Waals surface area contributed by atoms with E-state index in [4.69, 9.17) is 19.7 Å². The maximum atomic E-state index is 11.4. The summed E-state index contributed by atoms with van der Waals surface area (Å²) < 4.78 is 15.6. The van der Waals surface area contributed by atoms with Crippen molar-refractivity contribution in [1.29, 1.82) is 0 Å². The number of ether oxygens (including phenoxy) is 2. The Balaban J connectivity index is 0.00000225. The molecule has 10 heteroatoms. The Kier molecular flexibility index (Phi) is 5.48. The van der Waals surface area contributed by atoms with E-state index in [1.165, 1.54) is 26.4 Å². The van der Waals surface area contributed by atoms with Gasteiger partial charge >= 0.3 is 0 Å². The number of nitro benzene ring substituents is 1. The summed E-state index contributed by atoms with van der Waals surface area (Å²) in [6.07, 6.45) is 3.52. The molecule has 9 nitrogen and oxygen atoms in total. The minimum Gasteiger partial charge on any atom is -0.493 e. The molecular weight excluding hydrogens is 352 g/mol. The fraction of sp³-hybridized carbons (Fsp3) is 0.467. The van der Waals surface area contributed by atoms with Crippen molar-refractivity contribution in [2.45, 2.75) is 31.2 Å². The van der Waals surface area contributed by atoms with Gasteiger partial charge in [-0.25, -0.2) is 0 Å². The Hall–Kier alpha value is -2.39. The molecule has 0 saturated heterocycles. The van der Waals surface area contributed by atoms with Crippen LogP contribution in [0.15, 0.2) is 16.7 Å². The Labute approximate surface area is 150 Å². The second-order valence-corrected chi connectivity index (χ2v) is 5.77. The van der Waals surface area contributed by atoms with Crippen LogP contribution >= 0.6 is 12.4 Å². The van der Waals surface area contributed by atoms with Gasteiger partial charge in [-0.15, -0.1) is 12.4 Å². The van der Waals surface area contributed by atoms with E-state index in [9.17, 15) is 10.1 Å². The first-order valence-electron chi connectivity index (χ1n) is 7.52. The first kappa shape index (κ1) is 18.9. The van der Waals surface area contributed by atoms with Crippen LogP contribution < -0.4 is 15.2 Å². The van der Waals surface area contributed by atoms with Gasteiger partial charge in [-0.3, -0.25) is 10.1 Å². The van der Waals surface area contributed by atoms with Crippen LogP contribution in [0.4, 0.5) is 5.69 Å². The van der Waals surface area contributed by atoms with Gasteiger partial charge in [0.05, 0.1) is 30.7 Å². The molecular formula is C15H19ClN4O5. The first-order valence-corrected chi connectivity index (χ1v) is 7.52. The van der Waals surface area contributed by atoms with E-state index < -0.39 is 10.5 Å². The molecule has 2 N–H and O–H groups in total. The lowest BCUT2D eigenvalue weighted by Crippen LogP contribution is -2.34. The van der Waals surface area contributed by atoms with Gasteiger partial charge in [0.25, 0.3) is 11.6 Å². The molecule has 0 radical (unpaired) electrons. The second kappa shape index (κ2) is 7.24. The van der Waals surface area contributed by atoms with Crippen LogP contribution in [0.3, 0.4) is 0 Å². The van der Waals surface area contributed by atoms with Crippen molar-refractivity contribution < 1.29 is 18.9 Å². The maximum Gasteiger partial charge on any atom is 0.286 e. The number of benzene rings is 1. The third-order valence-electron chi connectivity index (χ3n) is 4.30. The normalized spacial score (nSPS) is 15.5. The summed E-state index contributed by atoms with van der Waals surface area (Å²) in [5.74, 6) is 0.994. The molecule has 0 spiro atoms. The molecule has 1 aliphatic rings. The summed E-state index contributed by atoms with van der Waals surface area (Å²) in [6, 6.07) is 2.72. The van der Waals surface area contributed by atoms with Gasteiger partial charge < -0.3 is 19.7 Å². The lowest BCUT2D eigenvalue weighted by atomic mass is 9.98. The van der Waals surface area contributed by atoms with Gasteiger partial charge in [-0.2, -0.15) is 4.98 Å². The van der Waals surface area contributed by atoms with Crippen LogP contribution in [0.1, 0.15) is 31.5 Å². The maximum absolute atomic E-state index is 11.4. The van der Waals surface area contributed by atoms with Crippen LogP contribution in [0.5, 0.6) is 11.5 Å². The minimum absolute atomic E-state index is 0. The molecule has 136 valence electrons. The third-order valence-corrected chi connectivity index (χ3v) is 4.30. The highest BCUT2D eigenvalue weighted by Crippen LogP contribution is 2.41. The topological polar surface area (TPSA) is 127 Å². The van der Waals surface area contributed by atoms with Crippen molar-refractivity contribution >= 4 is 18.1 Å². The number of nitro groups is 1. The SMILES string of the molecule is COc1cc(-c2nc(C3(N)CCCC3)no2)c([N+](=O)[O-])cc1OC.Cl. The Morgan fingerprint density at radius 3 is 2.40 bits per heavy atom. The van der Waals surface area contributed by atoms with Crippen LogP contribution in [-0.2, 0) is 5.54 Å². The quantitative estimate of drug-likeness (QED) is 0.628. The summed E-state index contributed by atoms with van der Waals surface area (Å²) in [5, 5.41) is 15.3. The monoisotopic (exact) mass is 370 g/mol. The average molecular weight is 371 g/mol. The van der Waals surface area contributed by atoms with Gasteiger partial charge in [0, 0.05) is 6.07 Å². The smallest absolute Gasteiger partial charge is 0.286 e. The zero-order valence-electron chi connectivity index (χ0n) is 13.9. The number of rotatable bonds is 5. The molecule has 0 aliphatic heterocycles. The fourth-order valence-corrected chi connectivity index (χ4v) is 2.96. The standard InChI is InChI=1S/C15H18N4O5.ClH/c1-22-11-7-9(10(19(20)21)8-12(11)23-2)13-17-14(18-24-13)15(16)5-3-4-6-15;/h7-8H,3-6,16H2,1-2H3;1H. The van der Waals surface area contributed by atoms with Crippen molar-refractivity contribution in [2.75, 3.05) is 14.2 Å². The molecule has 0 bridgehead atoms. The van der Waals surface area contributed by atoms with Crippen LogP contribution in [0.2, 0.25) is 0 Å². The predicted molar refractivity (Wildman–Crippen MR) is 91.1 cm³/mol. The molecule has 3 rings (SSSR count).